The van der Waals surface area contributed by atoms with Gasteiger partial charge < -0.3 is 20.0 Å². The average molecular weight is 327 g/mol. The van der Waals surface area contributed by atoms with Crippen LogP contribution in [0.3, 0.4) is 0 Å². The fourth-order valence-corrected chi connectivity index (χ4v) is 2.24. The van der Waals surface area contributed by atoms with E-state index in [4.69, 9.17) is 4.42 Å². The number of anilines is 1. The Morgan fingerprint density at radius 2 is 2.17 bits per heavy atom. The Balaban J connectivity index is 1.64. The van der Waals surface area contributed by atoms with E-state index >= 15 is 0 Å². The number of pyridine rings is 1. The van der Waals surface area contributed by atoms with Crippen LogP contribution in [0.25, 0.3) is 0 Å². The van der Waals surface area contributed by atoms with Crippen LogP contribution in [0.1, 0.15) is 23.7 Å². The molecule has 2 amide bonds. The van der Waals surface area contributed by atoms with Gasteiger partial charge in [0.2, 0.25) is 0 Å². The van der Waals surface area contributed by atoms with Crippen LogP contribution in [-0.4, -0.2) is 17.1 Å². The third-order valence-electron chi connectivity index (χ3n) is 3.49. The Kier molecular flexibility index (Phi) is 3.63. The molecule has 6 nitrogen and oxygen atoms in total. The Hall–Kier alpha value is -2.71. The molecule has 0 spiro atoms. The van der Waals surface area contributed by atoms with Gasteiger partial charge in [-0.05, 0) is 24.6 Å². The van der Waals surface area contributed by atoms with Gasteiger partial charge in [0.25, 0.3) is 5.56 Å². The maximum absolute atomic E-state index is 12.6. The van der Waals surface area contributed by atoms with Crippen molar-refractivity contribution in [3.05, 3.63) is 52.3 Å². The molecule has 3 N–H and O–H groups in total. The summed E-state index contributed by atoms with van der Waals surface area (Å²) in [5.41, 5.74) is -2.33. The topological polar surface area (TPSA) is 87.1 Å². The van der Waals surface area contributed by atoms with E-state index in [0.717, 1.165) is 5.76 Å². The van der Waals surface area contributed by atoms with Gasteiger partial charge in [-0.2, -0.15) is 13.2 Å². The molecule has 9 heteroatoms. The van der Waals surface area contributed by atoms with Crippen molar-refractivity contribution in [1.82, 2.24) is 10.3 Å². The quantitative estimate of drug-likeness (QED) is 0.810. The molecule has 1 saturated carbocycles. The number of hydrogen-bond acceptors (Lipinski definition) is 3. The van der Waals surface area contributed by atoms with Crippen LogP contribution in [0.2, 0.25) is 0 Å². The van der Waals surface area contributed by atoms with E-state index in [0.29, 0.717) is 18.7 Å². The van der Waals surface area contributed by atoms with Gasteiger partial charge in [-0.25, -0.2) is 4.79 Å². The zero-order chi connectivity index (χ0) is 16.6. The van der Waals surface area contributed by atoms with Crippen molar-refractivity contribution in [1.29, 1.82) is 0 Å². The number of halogens is 3. The summed E-state index contributed by atoms with van der Waals surface area (Å²) in [4.78, 5) is 25.3. The number of urea groups is 1. The molecule has 0 bridgehead atoms. The van der Waals surface area contributed by atoms with Crippen molar-refractivity contribution in [3.63, 3.8) is 0 Å². The van der Waals surface area contributed by atoms with Gasteiger partial charge in [0.1, 0.15) is 11.4 Å². The highest BCUT2D eigenvalue weighted by atomic mass is 19.4. The molecule has 1 aliphatic rings. The van der Waals surface area contributed by atoms with Gasteiger partial charge in [-0.15, -0.1) is 0 Å². The van der Waals surface area contributed by atoms with Crippen molar-refractivity contribution in [2.24, 2.45) is 0 Å². The lowest BCUT2D eigenvalue weighted by Gasteiger charge is -2.10. The minimum Gasteiger partial charge on any atom is -0.469 e. The van der Waals surface area contributed by atoms with Gasteiger partial charge in [0.15, 0.2) is 0 Å². The molecule has 23 heavy (non-hydrogen) atoms. The number of H-pyrrole nitrogens is 1. The van der Waals surface area contributed by atoms with Crippen LogP contribution < -0.4 is 16.2 Å². The predicted octanol–water partition coefficient (Wildman–Crippen LogP) is 2.66. The molecule has 2 atom stereocenters. The van der Waals surface area contributed by atoms with Crippen molar-refractivity contribution < 1.29 is 22.4 Å². The van der Waals surface area contributed by atoms with Gasteiger partial charge >= 0.3 is 12.2 Å². The van der Waals surface area contributed by atoms with E-state index in [1.807, 2.05) is 4.98 Å². The fourth-order valence-electron chi connectivity index (χ4n) is 2.24. The van der Waals surface area contributed by atoms with Gasteiger partial charge in [-0.3, -0.25) is 4.79 Å². The molecular weight excluding hydrogens is 315 g/mol. The zero-order valence-electron chi connectivity index (χ0n) is 11.6. The largest absolute Gasteiger partial charge is 0.469 e. The third-order valence-corrected chi connectivity index (χ3v) is 3.49. The summed E-state index contributed by atoms with van der Waals surface area (Å²) in [7, 11) is 0. The lowest BCUT2D eigenvalue weighted by Crippen LogP contribution is -2.33. The summed E-state index contributed by atoms with van der Waals surface area (Å²) in [6.07, 6.45) is -1.87. The number of nitrogens with one attached hydrogen (secondary N) is 3. The number of carbonyl (C=O) groups is 1. The first-order valence-corrected chi connectivity index (χ1v) is 6.75. The van der Waals surface area contributed by atoms with Crippen LogP contribution in [0.5, 0.6) is 0 Å². The number of rotatable bonds is 3. The van der Waals surface area contributed by atoms with Crippen LogP contribution >= 0.6 is 0 Å². The molecule has 1 fully saturated rings. The van der Waals surface area contributed by atoms with Crippen LogP contribution in [0.4, 0.5) is 23.7 Å². The Bertz CT molecular complexity index is 768. The average Bonchev–Trinajstić information content (AvgIpc) is 3.00. The highest BCUT2D eigenvalue weighted by Gasteiger charge is 2.41. The molecule has 1 aliphatic carbocycles. The highest BCUT2D eigenvalue weighted by Crippen LogP contribution is 2.40. The maximum Gasteiger partial charge on any atom is 0.417 e. The van der Waals surface area contributed by atoms with E-state index in [2.05, 4.69) is 10.6 Å². The monoisotopic (exact) mass is 327 g/mol. The summed E-state index contributed by atoms with van der Waals surface area (Å²) in [6, 6.07) is 3.18. The molecule has 0 aromatic carbocycles. The Morgan fingerprint density at radius 1 is 1.39 bits per heavy atom. The predicted molar refractivity (Wildman–Crippen MR) is 74.1 cm³/mol. The molecule has 122 valence electrons. The summed E-state index contributed by atoms with van der Waals surface area (Å²) in [5, 5.41) is 4.72. The van der Waals surface area contributed by atoms with Crippen molar-refractivity contribution in [2.75, 3.05) is 5.32 Å². The number of furan rings is 1. The first-order valence-electron chi connectivity index (χ1n) is 6.75. The van der Waals surface area contributed by atoms with E-state index in [1.54, 1.807) is 12.1 Å². The van der Waals surface area contributed by atoms with E-state index in [-0.39, 0.29) is 12.0 Å². The molecular formula is C14H12F3N3O3. The molecule has 0 unspecified atom stereocenters. The normalized spacial score (nSPS) is 20.1. The first-order chi connectivity index (χ1) is 10.8. The minimum absolute atomic E-state index is 0.0375. The molecule has 0 saturated heterocycles. The summed E-state index contributed by atoms with van der Waals surface area (Å²) < 4.78 is 43.0. The first kappa shape index (κ1) is 15.2. The van der Waals surface area contributed by atoms with E-state index in [1.165, 1.54) is 6.26 Å². The van der Waals surface area contributed by atoms with Crippen LogP contribution in [0.15, 0.2) is 39.9 Å². The lowest BCUT2D eigenvalue weighted by atomic mass is 10.2. The molecule has 0 radical (unpaired) electrons. The second-order valence-electron chi connectivity index (χ2n) is 5.19. The van der Waals surface area contributed by atoms with Crippen molar-refractivity contribution >= 4 is 11.7 Å². The molecule has 2 aromatic heterocycles. The molecule has 3 rings (SSSR count). The second kappa shape index (κ2) is 5.49. The zero-order valence-corrected chi connectivity index (χ0v) is 11.6. The van der Waals surface area contributed by atoms with Crippen LogP contribution in [0, 0.1) is 0 Å². The van der Waals surface area contributed by atoms with Gasteiger partial charge in [0.05, 0.1) is 11.8 Å². The minimum atomic E-state index is -4.61. The van der Waals surface area contributed by atoms with E-state index in [9.17, 15) is 22.8 Å². The van der Waals surface area contributed by atoms with Crippen molar-refractivity contribution in [2.45, 2.75) is 24.6 Å². The Labute approximate surface area is 127 Å². The summed E-state index contributed by atoms with van der Waals surface area (Å²) >= 11 is 0. The van der Waals surface area contributed by atoms with Gasteiger partial charge in [0, 0.05) is 18.2 Å². The third kappa shape index (κ3) is 3.38. The lowest BCUT2D eigenvalue weighted by molar-refractivity contribution is -0.137. The highest BCUT2D eigenvalue weighted by molar-refractivity contribution is 5.89. The smallest absolute Gasteiger partial charge is 0.417 e. The Morgan fingerprint density at radius 3 is 2.83 bits per heavy atom. The SMILES string of the molecule is O=C(Nc1cc(C(F)(F)F)c[nH]c1=O)N[C@@H]1C[C@H]1c1ccco1. The fraction of sp³-hybridized carbons (Fsp3) is 0.286. The number of amides is 2. The van der Waals surface area contributed by atoms with Crippen molar-refractivity contribution in [3.8, 4) is 0 Å². The second-order valence-corrected chi connectivity index (χ2v) is 5.19. The van der Waals surface area contributed by atoms with Gasteiger partial charge in [-0.1, -0.05) is 0 Å². The van der Waals surface area contributed by atoms with Crippen LogP contribution in [-0.2, 0) is 6.18 Å². The number of aromatic nitrogens is 1. The summed E-state index contributed by atoms with van der Waals surface area (Å²) in [6.45, 7) is 0. The summed E-state index contributed by atoms with van der Waals surface area (Å²) in [5.74, 6) is 0.766. The standard InChI is InChI=1S/C14H12F3N3O3/c15-14(16,17)7-4-10(12(21)18-6-7)20-13(22)19-9-5-8(9)11-2-1-3-23-11/h1-4,6,8-9H,5H2,(H,18,21)(H2,19,20,22)/t8-,9-/m1/s1. The number of hydrogen-bond donors (Lipinski definition) is 3. The molecule has 2 aromatic rings. The number of aromatic amines is 1. The number of carbonyl (C=O) groups excluding carboxylic acids is 1. The maximum atomic E-state index is 12.6. The number of alkyl halides is 3. The van der Waals surface area contributed by atoms with E-state index < -0.39 is 29.0 Å². The molecule has 0 aliphatic heterocycles. The molecule has 2 heterocycles.